The molecule has 4 fully saturated rings. The number of likely N-dealkylation sites (tertiary alicyclic amines) is 1. The Morgan fingerprint density at radius 1 is 1.29 bits per heavy atom. The molecule has 1 aromatic carbocycles. The van der Waals surface area contributed by atoms with E-state index in [-0.39, 0.29) is 23.9 Å². The molecular formula is C28H38N4O3. The lowest BCUT2D eigenvalue weighted by Crippen LogP contribution is -2.40. The number of fused-ring (bicyclic) bond motifs is 1. The van der Waals surface area contributed by atoms with Gasteiger partial charge in [0.25, 0.3) is 5.91 Å². The van der Waals surface area contributed by atoms with Crippen molar-refractivity contribution < 1.29 is 14.6 Å². The Bertz CT molecular complexity index is 1020. The fraction of sp³-hybridized carbons (Fsp3) is 0.571. The first-order valence-electron chi connectivity index (χ1n) is 12.9. The van der Waals surface area contributed by atoms with Gasteiger partial charge in [0.05, 0.1) is 24.9 Å². The van der Waals surface area contributed by atoms with E-state index < -0.39 is 0 Å². The summed E-state index contributed by atoms with van der Waals surface area (Å²) in [4.78, 5) is 19.5. The molecule has 2 saturated carbocycles. The largest absolute Gasteiger partial charge is 0.393 e. The predicted molar refractivity (Wildman–Crippen MR) is 138 cm³/mol. The van der Waals surface area contributed by atoms with Gasteiger partial charge in [-0.15, -0.1) is 0 Å². The minimum Gasteiger partial charge on any atom is -0.393 e. The number of ether oxygens (including phenoxy) is 1. The van der Waals surface area contributed by atoms with Crippen molar-refractivity contribution in [2.24, 2.45) is 22.6 Å². The van der Waals surface area contributed by atoms with Crippen LogP contribution in [0.1, 0.15) is 50.2 Å². The third kappa shape index (κ3) is 5.08. The number of aliphatic hydroxyl groups is 1. The van der Waals surface area contributed by atoms with Gasteiger partial charge in [0.1, 0.15) is 5.82 Å². The average molecular weight is 479 g/mol. The molecule has 1 aromatic rings. The second-order valence-corrected chi connectivity index (χ2v) is 11.0. The molecule has 2 aliphatic carbocycles. The highest BCUT2D eigenvalue weighted by molar-refractivity contribution is 5.99. The van der Waals surface area contributed by atoms with Crippen molar-refractivity contribution in [1.82, 2.24) is 10.2 Å². The molecule has 35 heavy (non-hydrogen) atoms. The van der Waals surface area contributed by atoms with Gasteiger partial charge in [0.2, 0.25) is 0 Å². The van der Waals surface area contributed by atoms with Crippen LogP contribution in [0, 0.1) is 11.8 Å². The Kier molecular flexibility index (Phi) is 6.84. The summed E-state index contributed by atoms with van der Waals surface area (Å²) in [5, 5.41) is 12.8. The molecule has 4 N–H and O–H groups in total. The highest BCUT2D eigenvalue weighted by atomic mass is 16.5. The van der Waals surface area contributed by atoms with Crippen molar-refractivity contribution in [3.05, 3.63) is 52.9 Å². The summed E-state index contributed by atoms with van der Waals surface area (Å²) in [6.07, 6.45) is 5.76. The smallest absolute Gasteiger partial charge is 0.255 e. The van der Waals surface area contributed by atoms with Gasteiger partial charge in [0.15, 0.2) is 0 Å². The lowest BCUT2D eigenvalue weighted by Gasteiger charge is -2.31. The van der Waals surface area contributed by atoms with Crippen LogP contribution in [0.15, 0.2) is 46.7 Å². The number of piperidine rings is 1. The van der Waals surface area contributed by atoms with Crippen molar-refractivity contribution in [1.29, 1.82) is 0 Å². The SMILES string of the molecule is C=N/C(N)=C(\C=C(/C)c1ccc([C@]23C[C@H]2CN(CC2COC2)C3)cc1)C(=O)NC1CCC(O)CC1. The maximum Gasteiger partial charge on any atom is 0.255 e. The third-order valence-corrected chi connectivity index (χ3v) is 8.44. The Balaban J connectivity index is 1.25. The third-order valence-electron chi connectivity index (χ3n) is 8.44. The van der Waals surface area contributed by atoms with Crippen molar-refractivity contribution in [2.45, 2.75) is 56.6 Å². The van der Waals surface area contributed by atoms with E-state index in [1.165, 1.54) is 18.5 Å². The number of hydrogen-bond donors (Lipinski definition) is 3. The van der Waals surface area contributed by atoms with E-state index in [0.717, 1.165) is 56.2 Å². The fourth-order valence-corrected chi connectivity index (χ4v) is 6.12. The first-order chi connectivity index (χ1) is 16.9. The Hall–Kier alpha value is -2.48. The summed E-state index contributed by atoms with van der Waals surface area (Å²) < 4.78 is 5.35. The number of benzene rings is 1. The van der Waals surface area contributed by atoms with Crippen LogP contribution in [0.5, 0.6) is 0 Å². The molecule has 2 heterocycles. The summed E-state index contributed by atoms with van der Waals surface area (Å²) in [6, 6.07) is 8.87. The van der Waals surface area contributed by atoms with Gasteiger partial charge in [-0.1, -0.05) is 24.3 Å². The molecule has 7 nitrogen and oxygen atoms in total. The number of carbonyl (C=O) groups is 1. The van der Waals surface area contributed by atoms with E-state index >= 15 is 0 Å². The molecule has 5 rings (SSSR count). The van der Waals surface area contributed by atoms with Gasteiger partial charge in [-0.25, -0.2) is 4.99 Å². The van der Waals surface area contributed by atoms with Crippen LogP contribution in [0.3, 0.4) is 0 Å². The highest BCUT2D eigenvalue weighted by Crippen LogP contribution is 2.59. The van der Waals surface area contributed by atoms with Gasteiger partial charge in [0, 0.05) is 37.0 Å². The average Bonchev–Trinajstić information content (AvgIpc) is 3.41. The number of amides is 1. The zero-order valence-electron chi connectivity index (χ0n) is 20.7. The Morgan fingerprint density at radius 2 is 2.00 bits per heavy atom. The maximum absolute atomic E-state index is 13.0. The molecule has 0 radical (unpaired) electrons. The predicted octanol–water partition coefficient (Wildman–Crippen LogP) is 2.60. The molecule has 1 amide bonds. The van der Waals surface area contributed by atoms with E-state index in [4.69, 9.17) is 10.5 Å². The quantitative estimate of drug-likeness (QED) is 0.303. The van der Waals surface area contributed by atoms with E-state index in [1.54, 1.807) is 0 Å². The lowest BCUT2D eigenvalue weighted by atomic mass is 9.92. The van der Waals surface area contributed by atoms with Crippen LogP contribution in [0.25, 0.3) is 5.57 Å². The lowest BCUT2D eigenvalue weighted by molar-refractivity contribution is -0.118. The van der Waals surface area contributed by atoms with Crippen molar-refractivity contribution in [3.8, 4) is 0 Å². The van der Waals surface area contributed by atoms with Crippen LogP contribution in [0.2, 0.25) is 0 Å². The molecule has 2 atom stereocenters. The number of carbonyl (C=O) groups excluding carboxylic acids is 1. The molecule has 4 aliphatic rings. The first-order valence-corrected chi connectivity index (χ1v) is 12.9. The van der Waals surface area contributed by atoms with E-state index in [9.17, 15) is 9.90 Å². The minimum absolute atomic E-state index is 0.0417. The van der Waals surface area contributed by atoms with E-state index in [1.807, 2.05) is 13.0 Å². The van der Waals surface area contributed by atoms with Crippen LogP contribution in [0.4, 0.5) is 0 Å². The Labute approximate surface area is 208 Å². The number of nitrogens with one attached hydrogen (secondary N) is 1. The summed E-state index contributed by atoms with van der Waals surface area (Å²) in [5.74, 6) is 1.36. The summed E-state index contributed by atoms with van der Waals surface area (Å²) in [7, 11) is 0. The van der Waals surface area contributed by atoms with Crippen molar-refractivity contribution in [2.75, 3.05) is 32.8 Å². The topological polar surface area (TPSA) is 100 Å². The number of nitrogens with two attached hydrogens (primary N) is 1. The second kappa shape index (κ2) is 9.88. The zero-order chi connectivity index (χ0) is 24.6. The van der Waals surface area contributed by atoms with E-state index in [0.29, 0.717) is 29.7 Å². The molecule has 0 spiro atoms. The molecule has 2 saturated heterocycles. The Morgan fingerprint density at radius 3 is 2.63 bits per heavy atom. The van der Waals surface area contributed by atoms with Gasteiger partial charge < -0.3 is 25.8 Å². The standard InChI is InChI=1S/C28H38N4O3/c1-18(11-25(26(29)30-2)27(34)31-23-7-9-24(33)10-8-23)20-3-5-21(6-4-20)28-12-22(28)14-32(17-28)13-19-15-35-16-19/h3-6,11,19,22-24,33H,2,7-10,12-17,29H2,1H3,(H,31,34)/b18-11+,26-25+/t22-,23?,24?,28+/m0/s1. The monoisotopic (exact) mass is 478 g/mol. The zero-order valence-corrected chi connectivity index (χ0v) is 20.7. The van der Waals surface area contributed by atoms with Crippen LogP contribution in [-0.2, 0) is 14.9 Å². The molecule has 0 aromatic heterocycles. The maximum atomic E-state index is 13.0. The summed E-state index contributed by atoms with van der Waals surface area (Å²) in [5.41, 5.74) is 10.1. The molecular weight excluding hydrogens is 440 g/mol. The number of nitrogens with zero attached hydrogens (tertiary/aromatic N) is 2. The van der Waals surface area contributed by atoms with Crippen molar-refractivity contribution in [3.63, 3.8) is 0 Å². The number of rotatable bonds is 8. The van der Waals surface area contributed by atoms with Crippen LogP contribution >= 0.6 is 0 Å². The molecule has 188 valence electrons. The number of hydrogen-bond acceptors (Lipinski definition) is 6. The molecule has 2 aliphatic heterocycles. The molecule has 0 bridgehead atoms. The van der Waals surface area contributed by atoms with Crippen LogP contribution < -0.4 is 11.1 Å². The number of aliphatic imine (C=N–C) groups is 1. The minimum atomic E-state index is -0.265. The van der Waals surface area contributed by atoms with Gasteiger partial charge >= 0.3 is 0 Å². The number of aliphatic hydroxyl groups excluding tert-OH is 1. The van der Waals surface area contributed by atoms with Gasteiger partial charge in [-0.2, -0.15) is 0 Å². The summed E-state index contributed by atoms with van der Waals surface area (Å²) in [6.45, 7) is 10.9. The van der Waals surface area contributed by atoms with Crippen LogP contribution in [-0.4, -0.2) is 67.6 Å². The summed E-state index contributed by atoms with van der Waals surface area (Å²) >= 11 is 0. The molecule has 7 heteroatoms. The highest BCUT2D eigenvalue weighted by Gasteiger charge is 2.60. The fourth-order valence-electron chi connectivity index (χ4n) is 6.12. The van der Waals surface area contributed by atoms with Gasteiger partial charge in [-0.3, -0.25) is 4.79 Å². The van der Waals surface area contributed by atoms with Crippen molar-refractivity contribution >= 4 is 18.2 Å². The normalized spacial score (nSPS) is 31.8. The van der Waals surface area contributed by atoms with Gasteiger partial charge in [-0.05, 0) is 74.4 Å². The second-order valence-electron chi connectivity index (χ2n) is 11.0. The van der Waals surface area contributed by atoms with E-state index in [2.05, 4.69) is 46.2 Å². The number of allylic oxidation sites excluding steroid dienone is 1. The first kappa shape index (κ1) is 24.2. The molecule has 0 unspecified atom stereocenters.